The van der Waals surface area contributed by atoms with Crippen LogP contribution in [0.25, 0.3) is 0 Å². The number of nitrogens with one attached hydrogen (secondary N) is 2. The standard InChI is InChI=1S/C14H23N3O4/c1-15-5-3-14(11-20-12-14)21-13(18)16-4-2-6-17-7-9-19-10-8-17/h15H,2,4,6-12H2,1H3,(H,16,18). The molecule has 118 valence electrons. The number of carbonyl (C=O) groups excluding carboxylic acids is 1. The van der Waals surface area contributed by atoms with Gasteiger partial charge in [-0.25, -0.2) is 4.79 Å². The van der Waals surface area contributed by atoms with Gasteiger partial charge in [-0.1, -0.05) is 0 Å². The van der Waals surface area contributed by atoms with Crippen LogP contribution in [0.4, 0.5) is 4.79 Å². The van der Waals surface area contributed by atoms with Gasteiger partial charge in [-0.15, -0.1) is 0 Å². The zero-order valence-electron chi connectivity index (χ0n) is 12.4. The molecule has 0 saturated carbocycles. The molecule has 0 radical (unpaired) electrons. The van der Waals surface area contributed by atoms with Gasteiger partial charge in [0.05, 0.1) is 13.2 Å². The van der Waals surface area contributed by atoms with Crippen LogP contribution in [0.5, 0.6) is 0 Å². The molecule has 0 unspecified atom stereocenters. The van der Waals surface area contributed by atoms with Crippen molar-refractivity contribution in [2.45, 2.75) is 12.0 Å². The van der Waals surface area contributed by atoms with Crippen LogP contribution < -0.4 is 10.6 Å². The van der Waals surface area contributed by atoms with Crippen molar-refractivity contribution in [2.75, 3.05) is 59.7 Å². The fourth-order valence-corrected chi connectivity index (χ4v) is 2.15. The van der Waals surface area contributed by atoms with E-state index in [2.05, 4.69) is 27.5 Å². The van der Waals surface area contributed by atoms with Gasteiger partial charge in [0.15, 0.2) is 0 Å². The smallest absolute Gasteiger partial charge is 0.408 e. The summed E-state index contributed by atoms with van der Waals surface area (Å²) >= 11 is 0. The number of alkyl carbamates (subject to hydrolysis) is 1. The van der Waals surface area contributed by atoms with E-state index in [9.17, 15) is 4.79 Å². The summed E-state index contributed by atoms with van der Waals surface area (Å²) in [6.45, 7) is 5.70. The summed E-state index contributed by atoms with van der Waals surface area (Å²) in [7, 11) is 1.71. The molecule has 0 spiro atoms. The fourth-order valence-electron chi connectivity index (χ4n) is 2.15. The van der Waals surface area contributed by atoms with Crippen molar-refractivity contribution in [3.8, 4) is 12.0 Å². The second-order valence-electron chi connectivity index (χ2n) is 5.11. The summed E-state index contributed by atoms with van der Waals surface area (Å²) in [5.74, 6) is 2.86. The van der Waals surface area contributed by atoms with Gasteiger partial charge >= 0.3 is 6.09 Å². The molecular formula is C14H23N3O4. The molecule has 2 aliphatic rings. The third-order valence-electron chi connectivity index (χ3n) is 3.40. The molecular weight excluding hydrogens is 274 g/mol. The summed E-state index contributed by atoms with van der Waals surface area (Å²) in [5.41, 5.74) is -0.794. The van der Waals surface area contributed by atoms with Crippen LogP contribution in [-0.4, -0.2) is 76.2 Å². The van der Waals surface area contributed by atoms with Crippen molar-refractivity contribution in [1.29, 1.82) is 0 Å². The highest BCUT2D eigenvalue weighted by Gasteiger charge is 2.41. The molecule has 2 aliphatic heterocycles. The van der Waals surface area contributed by atoms with Crippen molar-refractivity contribution >= 4 is 6.09 Å². The molecule has 0 aromatic carbocycles. The summed E-state index contributed by atoms with van der Waals surface area (Å²) in [5, 5.41) is 5.47. The molecule has 2 rings (SSSR count). The Balaban J connectivity index is 1.60. The highest BCUT2D eigenvalue weighted by Crippen LogP contribution is 2.20. The van der Waals surface area contributed by atoms with Crippen LogP contribution in [0.2, 0.25) is 0 Å². The Bertz CT molecular complexity index is 395. The first kappa shape index (κ1) is 15.9. The number of nitrogens with zero attached hydrogens (tertiary/aromatic N) is 1. The first-order valence-electron chi connectivity index (χ1n) is 7.28. The van der Waals surface area contributed by atoms with Crippen LogP contribution >= 0.6 is 0 Å². The lowest BCUT2D eigenvalue weighted by atomic mass is 10.0. The van der Waals surface area contributed by atoms with Crippen LogP contribution in [0.3, 0.4) is 0 Å². The maximum absolute atomic E-state index is 11.8. The minimum Gasteiger partial charge on any atom is -0.425 e. The summed E-state index contributed by atoms with van der Waals surface area (Å²) in [4.78, 5) is 14.1. The van der Waals surface area contributed by atoms with Gasteiger partial charge in [-0.05, 0) is 18.9 Å². The van der Waals surface area contributed by atoms with Crippen molar-refractivity contribution in [3.05, 3.63) is 0 Å². The number of hydrogen-bond donors (Lipinski definition) is 2. The first-order chi connectivity index (χ1) is 10.2. The molecule has 2 N–H and O–H groups in total. The zero-order valence-corrected chi connectivity index (χ0v) is 12.4. The Morgan fingerprint density at radius 3 is 2.71 bits per heavy atom. The average molecular weight is 297 g/mol. The van der Waals surface area contributed by atoms with E-state index in [0.29, 0.717) is 19.8 Å². The van der Waals surface area contributed by atoms with E-state index in [0.717, 1.165) is 39.3 Å². The van der Waals surface area contributed by atoms with Crippen LogP contribution in [0, 0.1) is 12.0 Å². The second kappa shape index (κ2) is 8.08. The lowest BCUT2D eigenvalue weighted by Gasteiger charge is -2.35. The molecule has 21 heavy (non-hydrogen) atoms. The average Bonchev–Trinajstić information content (AvgIpc) is 2.47. The molecule has 1 amide bonds. The predicted octanol–water partition coefficient (Wildman–Crippen LogP) is -0.616. The van der Waals surface area contributed by atoms with Gasteiger partial charge in [0, 0.05) is 32.7 Å². The van der Waals surface area contributed by atoms with E-state index in [-0.39, 0.29) is 0 Å². The molecule has 0 aliphatic carbocycles. The number of amides is 1. The normalized spacial score (nSPS) is 20.6. The fraction of sp³-hybridized carbons (Fsp3) is 0.786. The monoisotopic (exact) mass is 297 g/mol. The third kappa shape index (κ3) is 5.08. The lowest BCUT2D eigenvalue weighted by molar-refractivity contribution is -0.143. The lowest BCUT2D eigenvalue weighted by Crippen LogP contribution is -2.53. The Morgan fingerprint density at radius 1 is 1.33 bits per heavy atom. The Hall–Kier alpha value is -1.49. The van der Waals surface area contributed by atoms with Crippen LogP contribution in [-0.2, 0) is 14.2 Å². The number of rotatable bonds is 5. The van der Waals surface area contributed by atoms with E-state index in [4.69, 9.17) is 14.2 Å². The molecule has 7 nitrogen and oxygen atoms in total. The van der Waals surface area contributed by atoms with Gasteiger partial charge in [-0.2, -0.15) is 0 Å². The summed E-state index contributed by atoms with van der Waals surface area (Å²) < 4.78 is 15.7. The highest BCUT2D eigenvalue weighted by atomic mass is 16.6. The number of morpholine rings is 1. The molecule has 0 aromatic heterocycles. The molecule has 2 heterocycles. The van der Waals surface area contributed by atoms with Gasteiger partial charge in [0.2, 0.25) is 5.60 Å². The zero-order chi connectivity index (χ0) is 15.0. The van der Waals surface area contributed by atoms with E-state index in [1.165, 1.54) is 0 Å². The Morgan fingerprint density at radius 2 is 2.10 bits per heavy atom. The van der Waals surface area contributed by atoms with Gasteiger partial charge in [-0.3, -0.25) is 4.90 Å². The van der Waals surface area contributed by atoms with Gasteiger partial charge in [0.25, 0.3) is 0 Å². The van der Waals surface area contributed by atoms with E-state index in [1.54, 1.807) is 7.05 Å². The SMILES string of the molecule is CNC#CC1(OC(=O)NCCCN2CCOCC2)COC1. The topological polar surface area (TPSA) is 72.1 Å². The number of ether oxygens (including phenoxy) is 3. The molecule has 2 fully saturated rings. The molecule has 7 heteroatoms. The summed E-state index contributed by atoms with van der Waals surface area (Å²) in [6.07, 6.45) is 0.450. The van der Waals surface area contributed by atoms with Crippen molar-refractivity contribution in [2.24, 2.45) is 0 Å². The molecule has 0 atom stereocenters. The van der Waals surface area contributed by atoms with Crippen molar-refractivity contribution in [1.82, 2.24) is 15.5 Å². The summed E-state index contributed by atoms with van der Waals surface area (Å²) in [6, 6.07) is 2.70. The molecule has 0 bridgehead atoms. The maximum Gasteiger partial charge on any atom is 0.408 e. The first-order valence-corrected chi connectivity index (χ1v) is 7.28. The van der Waals surface area contributed by atoms with E-state index >= 15 is 0 Å². The minimum atomic E-state index is -0.794. The number of carbonyl (C=O) groups is 1. The van der Waals surface area contributed by atoms with Crippen LogP contribution in [0.1, 0.15) is 6.42 Å². The van der Waals surface area contributed by atoms with Crippen LogP contribution in [0.15, 0.2) is 0 Å². The molecule has 2 saturated heterocycles. The third-order valence-corrected chi connectivity index (χ3v) is 3.40. The van der Waals surface area contributed by atoms with Crippen molar-refractivity contribution < 1.29 is 19.0 Å². The largest absolute Gasteiger partial charge is 0.425 e. The highest BCUT2D eigenvalue weighted by molar-refractivity contribution is 5.68. The predicted molar refractivity (Wildman–Crippen MR) is 76.7 cm³/mol. The van der Waals surface area contributed by atoms with Gasteiger partial charge in [0.1, 0.15) is 13.2 Å². The minimum absolute atomic E-state index is 0.322. The number of hydrogen-bond acceptors (Lipinski definition) is 6. The van der Waals surface area contributed by atoms with Crippen molar-refractivity contribution in [3.63, 3.8) is 0 Å². The van der Waals surface area contributed by atoms with E-state index in [1.807, 2.05) is 0 Å². The Labute approximate surface area is 125 Å². The quantitative estimate of drug-likeness (QED) is 0.400. The van der Waals surface area contributed by atoms with E-state index < -0.39 is 11.7 Å². The maximum atomic E-state index is 11.8. The van der Waals surface area contributed by atoms with Gasteiger partial charge < -0.3 is 24.8 Å². The Kier molecular flexibility index (Phi) is 6.11. The second-order valence-corrected chi connectivity index (χ2v) is 5.11. The molecule has 0 aromatic rings.